The molecule has 2 unspecified atom stereocenters. The van der Waals surface area contributed by atoms with Crippen molar-refractivity contribution in [3.8, 4) is 0 Å². The zero-order valence-corrected chi connectivity index (χ0v) is 23.6. The SMILES string of the molecule is CC1(C)C2CN(C(=O)[C@@H](NC(=O)NC3(C(F)(F)F)CC3)C(C)(C)C)[C@H](C(=O)N[C@@H](CC3CCC3)C(=O)C(N)=O)C21. The van der Waals surface area contributed by atoms with E-state index in [4.69, 9.17) is 5.73 Å². The maximum Gasteiger partial charge on any atom is 0.411 e. The molecular formula is C27H40F3N5O5. The molecule has 224 valence electrons. The van der Waals surface area contributed by atoms with E-state index < -0.39 is 64.8 Å². The van der Waals surface area contributed by atoms with Gasteiger partial charge in [0.2, 0.25) is 17.6 Å². The van der Waals surface area contributed by atoms with Crippen LogP contribution >= 0.6 is 0 Å². The number of hydrogen-bond donors (Lipinski definition) is 4. The number of alkyl halides is 3. The van der Waals surface area contributed by atoms with E-state index >= 15 is 0 Å². The number of ketones is 1. The van der Waals surface area contributed by atoms with Crippen LogP contribution in [-0.2, 0) is 19.2 Å². The lowest BCUT2D eigenvalue weighted by molar-refractivity contribution is -0.162. The van der Waals surface area contributed by atoms with Crippen molar-refractivity contribution >= 4 is 29.5 Å². The molecule has 1 saturated heterocycles. The smallest absolute Gasteiger partial charge is 0.363 e. The molecule has 4 aliphatic rings. The first kappa shape index (κ1) is 30.1. The van der Waals surface area contributed by atoms with Gasteiger partial charge in [-0.15, -0.1) is 0 Å². The van der Waals surface area contributed by atoms with Gasteiger partial charge in [0.1, 0.15) is 17.6 Å². The highest BCUT2D eigenvalue weighted by molar-refractivity contribution is 6.37. The van der Waals surface area contributed by atoms with Crippen LogP contribution < -0.4 is 21.7 Å². The van der Waals surface area contributed by atoms with Crippen LogP contribution in [0.15, 0.2) is 0 Å². The van der Waals surface area contributed by atoms with Gasteiger partial charge < -0.3 is 26.6 Å². The highest BCUT2D eigenvalue weighted by Crippen LogP contribution is 2.65. The Kier molecular flexibility index (Phi) is 7.45. The number of nitrogens with one attached hydrogen (secondary N) is 3. The normalized spacial score (nSPS) is 27.9. The number of likely N-dealkylation sites (tertiary alicyclic amines) is 1. The topological polar surface area (TPSA) is 151 Å². The van der Waals surface area contributed by atoms with E-state index in [1.165, 1.54) is 4.90 Å². The van der Waals surface area contributed by atoms with Gasteiger partial charge in [0.15, 0.2) is 0 Å². The van der Waals surface area contributed by atoms with Crippen molar-refractivity contribution in [2.45, 2.75) is 103 Å². The van der Waals surface area contributed by atoms with E-state index in [1.807, 2.05) is 19.2 Å². The molecule has 5 amide bonds. The molecular weight excluding hydrogens is 531 g/mol. The highest BCUT2D eigenvalue weighted by Gasteiger charge is 2.70. The fraction of sp³-hybridized carbons (Fsp3) is 0.815. The van der Waals surface area contributed by atoms with Gasteiger partial charge in [-0.3, -0.25) is 19.2 Å². The van der Waals surface area contributed by atoms with Gasteiger partial charge in [-0.1, -0.05) is 53.9 Å². The molecule has 4 fully saturated rings. The third-order valence-electron chi connectivity index (χ3n) is 9.46. The zero-order chi connectivity index (χ0) is 30.0. The molecule has 13 heteroatoms. The van der Waals surface area contributed by atoms with Crippen molar-refractivity contribution in [2.24, 2.45) is 34.3 Å². The molecule has 5 atom stereocenters. The standard InChI is InChI=1S/C27H40F3N5O5/c1-24(2,3)19(33-23(40)34-26(9-10-26)27(28,29)30)22(39)35-12-14-16(25(14,4)5)17(35)21(38)32-15(18(36)20(31)37)11-13-7-6-8-13/h13-17,19H,6-12H2,1-5H3,(H2,31,37)(H,32,38)(H2,33,34,40)/t14?,15-,16?,17-,19+/m0/s1. The van der Waals surface area contributed by atoms with Gasteiger partial charge in [0.25, 0.3) is 5.91 Å². The molecule has 0 aromatic rings. The quantitative estimate of drug-likeness (QED) is 0.312. The largest absolute Gasteiger partial charge is 0.411 e. The minimum Gasteiger partial charge on any atom is -0.363 e. The summed E-state index contributed by atoms with van der Waals surface area (Å²) in [6.07, 6.45) is -2.07. The summed E-state index contributed by atoms with van der Waals surface area (Å²) in [6, 6.07) is -4.42. The number of nitrogens with zero attached hydrogens (tertiary/aromatic N) is 1. The van der Waals surface area contributed by atoms with Crippen molar-refractivity contribution in [1.29, 1.82) is 0 Å². The van der Waals surface area contributed by atoms with Crippen molar-refractivity contribution in [2.75, 3.05) is 6.54 Å². The van der Waals surface area contributed by atoms with Crippen molar-refractivity contribution in [3.63, 3.8) is 0 Å². The number of fused-ring (bicyclic) bond motifs is 1. The Morgan fingerprint density at radius 2 is 1.62 bits per heavy atom. The first-order valence-corrected chi connectivity index (χ1v) is 13.9. The number of Topliss-reactive ketones (excluding diaryl/α,β-unsaturated/α-hetero) is 1. The molecule has 0 spiro atoms. The number of rotatable bonds is 9. The fourth-order valence-corrected chi connectivity index (χ4v) is 6.34. The average Bonchev–Trinajstić information content (AvgIpc) is 3.61. The predicted molar refractivity (Wildman–Crippen MR) is 137 cm³/mol. The third kappa shape index (κ3) is 5.52. The van der Waals surface area contributed by atoms with E-state index in [0.29, 0.717) is 0 Å². The molecule has 0 radical (unpaired) electrons. The van der Waals surface area contributed by atoms with Crippen LogP contribution in [0.3, 0.4) is 0 Å². The zero-order valence-electron chi connectivity index (χ0n) is 23.6. The minimum absolute atomic E-state index is 0.0152. The highest BCUT2D eigenvalue weighted by atomic mass is 19.4. The number of amides is 5. The summed E-state index contributed by atoms with van der Waals surface area (Å²) in [6.45, 7) is 9.18. The van der Waals surface area contributed by atoms with Crippen LogP contribution in [0, 0.1) is 28.6 Å². The average molecular weight is 572 g/mol. The van der Waals surface area contributed by atoms with Crippen molar-refractivity contribution in [1.82, 2.24) is 20.9 Å². The van der Waals surface area contributed by atoms with Crippen molar-refractivity contribution < 1.29 is 37.1 Å². The lowest BCUT2D eigenvalue weighted by Gasteiger charge is -2.38. The molecule has 40 heavy (non-hydrogen) atoms. The van der Waals surface area contributed by atoms with Gasteiger partial charge in [-0.05, 0) is 47.8 Å². The first-order chi connectivity index (χ1) is 18.3. The van der Waals surface area contributed by atoms with Gasteiger partial charge in [0, 0.05) is 6.54 Å². The van der Waals surface area contributed by atoms with Crippen LogP contribution in [0.1, 0.15) is 73.1 Å². The Hall–Kier alpha value is -2.86. The van der Waals surface area contributed by atoms with E-state index in [1.54, 1.807) is 20.8 Å². The number of primary amides is 1. The van der Waals surface area contributed by atoms with Crippen molar-refractivity contribution in [3.05, 3.63) is 0 Å². The number of carbonyl (C=O) groups is 5. The lowest BCUT2D eigenvalue weighted by atomic mass is 9.80. The van der Waals surface area contributed by atoms with E-state index in [9.17, 15) is 37.1 Å². The predicted octanol–water partition coefficient (Wildman–Crippen LogP) is 2.01. The number of nitrogens with two attached hydrogens (primary N) is 1. The molecule has 1 aliphatic heterocycles. The van der Waals surface area contributed by atoms with Gasteiger partial charge in [-0.25, -0.2) is 4.79 Å². The molecule has 5 N–H and O–H groups in total. The first-order valence-electron chi connectivity index (χ1n) is 13.9. The molecule has 4 rings (SSSR count). The summed E-state index contributed by atoms with van der Waals surface area (Å²) in [5.74, 6) is -3.29. The lowest BCUT2D eigenvalue weighted by Crippen LogP contribution is -2.62. The second-order valence-corrected chi connectivity index (χ2v) is 13.7. The fourth-order valence-electron chi connectivity index (χ4n) is 6.34. The van der Waals surface area contributed by atoms with E-state index in [0.717, 1.165) is 19.3 Å². The number of piperidine rings is 1. The molecule has 3 saturated carbocycles. The molecule has 3 aliphatic carbocycles. The summed E-state index contributed by atoms with van der Waals surface area (Å²) >= 11 is 0. The Morgan fingerprint density at radius 3 is 2.08 bits per heavy atom. The minimum atomic E-state index is -4.62. The summed E-state index contributed by atoms with van der Waals surface area (Å²) < 4.78 is 40.2. The van der Waals surface area contributed by atoms with Crippen LogP contribution in [0.25, 0.3) is 0 Å². The van der Waals surface area contributed by atoms with Crippen LogP contribution in [0.5, 0.6) is 0 Å². The van der Waals surface area contributed by atoms with Gasteiger partial charge >= 0.3 is 12.2 Å². The summed E-state index contributed by atoms with van der Waals surface area (Å²) in [5.41, 5.74) is 1.78. The summed E-state index contributed by atoms with van der Waals surface area (Å²) in [5, 5.41) is 7.12. The molecule has 0 aromatic carbocycles. The third-order valence-corrected chi connectivity index (χ3v) is 9.46. The Balaban J connectivity index is 1.53. The second kappa shape index (κ2) is 9.90. The summed E-state index contributed by atoms with van der Waals surface area (Å²) in [7, 11) is 0. The number of carbonyl (C=O) groups excluding carboxylic acids is 5. The Labute approximate surface area is 231 Å². The van der Waals surface area contributed by atoms with Gasteiger partial charge in [-0.2, -0.15) is 13.2 Å². The van der Waals surface area contributed by atoms with E-state index in [-0.39, 0.29) is 49.0 Å². The number of halogens is 3. The van der Waals surface area contributed by atoms with Crippen LogP contribution in [0.2, 0.25) is 0 Å². The molecule has 0 aromatic heterocycles. The maximum absolute atomic E-state index is 13.9. The second-order valence-electron chi connectivity index (χ2n) is 13.7. The van der Waals surface area contributed by atoms with Crippen LogP contribution in [-0.4, -0.2) is 70.8 Å². The summed E-state index contributed by atoms with van der Waals surface area (Å²) in [4.78, 5) is 65.9. The molecule has 10 nitrogen and oxygen atoms in total. The maximum atomic E-state index is 13.9. The molecule has 1 heterocycles. The number of hydrogen-bond acceptors (Lipinski definition) is 5. The van der Waals surface area contributed by atoms with Gasteiger partial charge in [0.05, 0.1) is 6.04 Å². The Morgan fingerprint density at radius 1 is 1.02 bits per heavy atom. The Bertz CT molecular complexity index is 1090. The van der Waals surface area contributed by atoms with E-state index in [2.05, 4.69) is 10.6 Å². The van der Waals surface area contributed by atoms with Crippen LogP contribution in [0.4, 0.5) is 18.0 Å². The molecule has 0 bridgehead atoms. The monoisotopic (exact) mass is 571 g/mol. The number of urea groups is 1.